The average Bonchev–Trinajstić information content (AvgIpc) is 2.87. The van der Waals surface area contributed by atoms with Gasteiger partial charge in [-0.05, 0) is 97.2 Å². The summed E-state index contributed by atoms with van der Waals surface area (Å²) in [6.07, 6.45) is 14.4. The Balaban J connectivity index is 1.31. The van der Waals surface area contributed by atoms with Gasteiger partial charge in [-0.1, -0.05) is 75.3 Å². The van der Waals surface area contributed by atoms with Crippen LogP contribution in [-0.2, 0) is 0 Å². The molecule has 0 aliphatic heterocycles. The zero-order chi connectivity index (χ0) is 22.2. The van der Waals surface area contributed by atoms with E-state index in [1.54, 1.807) is 0 Å². The second-order valence-electron chi connectivity index (χ2n) is 9.65. The van der Waals surface area contributed by atoms with Crippen LogP contribution in [-0.4, -0.2) is 6.61 Å². The minimum atomic E-state index is 0.768. The number of hydrogen-bond donors (Lipinski definition) is 0. The van der Waals surface area contributed by atoms with Gasteiger partial charge in [0.25, 0.3) is 0 Å². The topological polar surface area (TPSA) is 9.23 Å². The maximum Gasteiger partial charge on any atom is 0.119 e. The van der Waals surface area contributed by atoms with Crippen LogP contribution >= 0.6 is 0 Å². The molecule has 2 aromatic carbocycles. The fourth-order valence-electron chi connectivity index (χ4n) is 5.33. The van der Waals surface area contributed by atoms with E-state index in [0.29, 0.717) is 0 Å². The van der Waals surface area contributed by atoms with E-state index < -0.39 is 0 Å². The van der Waals surface area contributed by atoms with E-state index in [4.69, 9.17) is 4.74 Å². The van der Waals surface area contributed by atoms with Crippen LogP contribution in [0, 0.1) is 29.6 Å². The van der Waals surface area contributed by atoms with Gasteiger partial charge in [0.05, 0.1) is 6.61 Å². The lowest BCUT2D eigenvalue weighted by Gasteiger charge is -2.34. The number of benzene rings is 2. The summed E-state index contributed by atoms with van der Waals surface area (Å²) in [5.41, 5.74) is 4.87. The van der Waals surface area contributed by atoms with Gasteiger partial charge in [-0.25, -0.2) is 0 Å². The van der Waals surface area contributed by atoms with Crippen molar-refractivity contribution in [3.63, 3.8) is 0 Å². The third-order valence-corrected chi connectivity index (χ3v) is 7.50. The summed E-state index contributed by atoms with van der Waals surface area (Å²) in [4.78, 5) is 0. The van der Waals surface area contributed by atoms with E-state index in [9.17, 15) is 0 Å². The summed E-state index contributed by atoms with van der Waals surface area (Å²) in [5.74, 6) is 10.7. The molecule has 4 rings (SSSR count). The molecule has 0 N–H and O–H groups in total. The molecule has 32 heavy (non-hydrogen) atoms. The van der Waals surface area contributed by atoms with Gasteiger partial charge in [-0.15, -0.1) is 0 Å². The highest BCUT2D eigenvalue weighted by Crippen LogP contribution is 2.40. The van der Waals surface area contributed by atoms with E-state index >= 15 is 0 Å². The van der Waals surface area contributed by atoms with Crippen molar-refractivity contribution in [2.75, 3.05) is 6.61 Å². The van der Waals surface area contributed by atoms with Crippen molar-refractivity contribution in [3.05, 3.63) is 65.7 Å². The lowest BCUT2D eigenvalue weighted by Crippen LogP contribution is -2.22. The summed E-state index contributed by atoms with van der Waals surface area (Å²) >= 11 is 0. The van der Waals surface area contributed by atoms with E-state index in [1.807, 2.05) is 0 Å². The van der Waals surface area contributed by atoms with E-state index in [1.165, 1.54) is 61.6 Å². The molecular formula is C31H38O. The maximum absolute atomic E-state index is 5.68. The predicted molar refractivity (Wildman–Crippen MR) is 136 cm³/mol. The molecule has 2 aliphatic rings. The van der Waals surface area contributed by atoms with Gasteiger partial charge >= 0.3 is 0 Å². The summed E-state index contributed by atoms with van der Waals surface area (Å²) in [7, 11) is 0. The van der Waals surface area contributed by atoms with Gasteiger partial charge in [-0.2, -0.15) is 0 Å². The molecule has 168 valence electrons. The molecule has 0 amide bonds. The predicted octanol–water partition coefficient (Wildman–Crippen LogP) is 8.44. The van der Waals surface area contributed by atoms with Crippen LogP contribution in [0.1, 0.15) is 77.2 Å². The fraction of sp³-hybridized carbons (Fsp3) is 0.484. The highest BCUT2D eigenvalue weighted by atomic mass is 16.5. The molecule has 2 aromatic rings. The molecule has 1 atom stereocenters. The highest BCUT2D eigenvalue weighted by molar-refractivity contribution is 5.65. The first-order valence-electron chi connectivity index (χ1n) is 12.8. The monoisotopic (exact) mass is 426 g/mol. The first kappa shape index (κ1) is 22.7. The highest BCUT2D eigenvalue weighted by Gasteiger charge is 2.27. The smallest absolute Gasteiger partial charge is 0.119 e. The Bertz CT molecular complexity index is 931. The van der Waals surface area contributed by atoms with Crippen molar-refractivity contribution in [2.45, 2.75) is 71.6 Å². The lowest BCUT2D eigenvalue weighted by atomic mass is 9.71. The Labute approximate surface area is 195 Å². The Morgan fingerprint density at radius 2 is 1.47 bits per heavy atom. The third-order valence-electron chi connectivity index (χ3n) is 7.50. The lowest BCUT2D eigenvalue weighted by molar-refractivity contribution is 0.190. The average molecular weight is 427 g/mol. The van der Waals surface area contributed by atoms with Crippen molar-refractivity contribution in [3.8, 4) is 28.7 Å². The van der Waals surface area contributed by atoms with Crippen molar-refractivity contribution < 1.29 is 4.74 Å². The van der Waals surface area contributed by atoms with Gasteiger partial charge in [0.2, 0.25) is 0 Å². The zero-order valence-electron chi connectivity index (χ0n) is 19.9. The minimum absolute atomic E-state index is 0.768. The molecular weight excluding hydrogens is 388 g/mol. The second-order valence-corrected chi connectivity index (χ2v) is 9.65. The van der Waals surface area contributed by atoms with Gasteiger partial charge < -0.3 is 4.74 Å². The summed E-state index contributed by atoms with van der Waals surface area (Å²) < 4.78 is 5.68. The van der Waals surface area contributed by atoms with Crippen molar-refractivity contribution in [2.24, 2.45) is 17.8 Å². The normalized spacial score (nSPS) is 23.1. The van der Waals surface area contributed by atoms with Gasteiger partial charge in [0.15, 0.2) is 0 Å². The SMILES string of the molecule is CCCOc1ccc(-c2ccc(C#CC3=CCC(C4CCC(CC)CC4)CC3)cc2)cc1. The van der Waals surface area contributed by atoms with E-state index in [-0.39, 0.29) is 0 Å². The van der Waals surface area contributed by atoms with Crippen LogP contribution in [0.3, 0.4) is 0 Å². The Morgan fingerprint density at radius 3 is 2.06 bits per heavy atom. The molecule has 0 heterocycles. The third kappa shape index (κ3) is 6.07. The van der Waals surface area contributed by atoms with Crippen molar-refractivity contribution >= 4 is 0 Å². The molecule has 1 unspecified atom stereocenters. The summed E-state index contributed by atoms with van der Waals surface area (Å²) in [6.45, 7) is 5.25. The molecule has 0 aromatic heterocycles. The first-order valence-corrected chi connectivity index (χ1v) is 12.8. The van der Waals surface area contributed by atoms with Crippen LogP contribution in [0.2, 0.25) is 0 Å². The number of rotatable bonds is 6. The molecule has 1 nitrogen and oxygen atoms in total. The largest absolute Gasteiger partial charge is 0.494 e. The maximum atomic E-state index is 5.68. The Morgan fingerprint density at radius 1 is 0.781 bits per heavy atom. The molecule has 0 saturated heterocycles. The summed E-state index contributed by atoms with van der Waals surface area (Å²) in [5, 5.41) is 0. The second kappa shape index (κ2) is 11.4. The Kier molecular flexibility index (Phi) is 8.11. The van der Waals surface area contributed by atoms with E-state index in [0.717, 1.165) is 48.5 Å². The standard InChI is InChI=1S/C31H38O/c1-3-23-32-31-21-19-30(20-22-31)29-17-11-26(12-18-29)6-5-25-9-15-28(16-10-25)27-13-7-24(4-2)8-14-27/h9,11-12,17-22,24,27-28H,3-4,7-8,10,13-16,23H2,1-2H3. The van der Waals surface area contributed by atoms with Gasteiger partial charge in [0, 0.05) is 5.56 Å². The Hall–Kier alpha value is -2.46. The van der Waals surface area contributed by atoms with Crippen LogP contribution in [0.15, 0.2) is 60.2 Å². The molecule has 1 heteroatoms. The summed E-state index contributed by atoms with van der Waals surface area (Å²) in [6, 6.07) is 17.0. The van der Waals surface area contributed by atoms with Crippen LogP contribution in [0.4, 0.5) is 0 Å². The molecule has 2 aliphatic carbocycles. The van der Waals surface area contributed by atoms with Crippen molar-refractivity contribution in [1.82, 2.24) is 0 Å². The quantitative estimate of drug-likeness (QED) is 0.421. The van der Waals surface area contributed by atoms with Gasteiger partial charge in [-0.3, -0.25) is 0 Å². The molecule has 1 saturated carbocycles. The molecule has 0 bridgehead atoms. The van der Waals surface area contributed by atoms with E-state index in [2.05, 4.69) is 80.3 Å². The van der Waals surface area contributed by atoms with Crippen LogP contribution in [0.5, 0.6) is 5.75 Å². The van der Waals surface area contributed by atoms with Crippen LogP contribution < -0.4 is 4.74 Å². The fourth-order valence-corrected chi connectivity index (χ4v) is 5.33. The van der Waals surface area contributed by atoms with Gasteiger partial charge in [0.1, 0.15) is 5.75 Å². The zero-order valence-corrected chi connectivity index (χ0v) is 19.9. The first-order chi connectivity index (χ1) is 15.7. The number of allylic oxidation sites excluding steroid dienone is 2. The number of hydrogen-bond acceptors (Lipinski definition) is 1. The molecule has 0 radical (unpaired) electrons. The van der Waals surface area contributed by atoms with Crippen molar-refractivity contribution in [1.29, 1.82) is 0 Å². The molecule has 1 fully saturated rings. The minimum Gasteiger partial charge on any atom is -0.494 e. The number of ether oxygens (including phenoxy) is 1. The molecule has 0 spiro atoms. The van der Waals surface area contributed by atoms with Crippen LogP contribution in [0.25, 0.3) is 11.1 Å².